The summed E-state index contributed by atoms with van der Waals surface area (Å²) in [5, 5.41) is 2.80. The predicted octanol–water partition coefficient (Wildman–Crippen LogP) is 3.67. The van der Waals surface area contributed by atoms with Gasteiger partial charge in [0.25, 0.3) is 5.91 Å². The standard InChI is InChI=1S/C24H28N2O5/c1-16-13-21(27)25-18-10-6-7-11-19(18)26(16)22(28)14-31-23(29)15-30-20-12-8-5-9-17(20)24(2,3)4/h5-12,16H,13-15H2,1-4H3,(H,25,27)/t16-/m0/s1. The Hall–Kier alpha value is -3.35. The van der Waals surface area contributed by atoms with Gasteiger partial charge in [-0.3, -0.25) is 9.59 Å². The largest absolute Gasteiger partial charge is 0.482 e. The molecule has 31 heavy (non-hydrogen) atoms. The van der Waals surface area contributed by atoms with Gasteiger partial charge < -0.3 is 19.7 Å². The number of hydrogen-bond donors (Lipinski definition) is 1. The lowest BCUT2D eigenvalue weighted by Gasteiger charge is -2.27. The maximum Gasteiger partial charge on any atom is 0.344 e. The number of benzene rings is 2. The van der Waals surface area contributed by atoms with Crippen molar-refractivity contribution < 1.29 is 23.9 Å². The normalized spacial score (nSPS) is 16.1. The van der Waals surface area contributed by atoms with Crippen LogP contribution in [0.15, 0.2) is 48.5 Å². The minimum absolute atomic E-state index is 0.141. The van der Waals surface area contributed by atoms with Crippen molar-refractivity contribution in [2.45, 2.75) is 45.6 Å². The quantitative estimate of drug-likeness (QED) is 0.741. The molecule has 2 aromatic rings. The average Bonchev–Trinajstić information content (AvgIpc) is 2.84. The molecular formula is C24H28N2O5. The van der Waals surface area contributed by atoms with Gasteiger partial charge in [-0.25, -0.2) is 4.79 Å². The van der Waals surface area contributed by atoms with Gasteiger partial charge in [0.15, 0.2) is 13.2 Å². The Kier molecular flexibility index (Phi) is 6.63. The molecule has 3 rings (SSSR count). The van der Waals surface area contributed by atoms with Crippen molar-refractivity contribution in [2.24, 2.45) is 0 Å². The SMILES string of the molecule is C[C@H]1CC(=O)Nc2ccccc2N1C(=O)COC(=O)COc1ccccc1C(C)(C)C. The van der Waals surface area contributed by atoms with Crippen LogP contribution in [0.25, 0.3) is 0 Å². The molecule has 1 aliphatic heterocycles. The van der Waals surface area contributed by atoms with E-state index >= 15 is 0 Å². The Bertz CT molecular complexity index is 980. The molecule has 0 aliphatic carbocycles. The van der Waals surface area contributed by atoms with Gasteiger partial charge in [-0.05, 0) is 36.1 Å². The van der Waals surface area contributed by atoms with Gasteiger partial charge in [0.1, 0.15) is 5.75 Å². The number of hydrogen-bond acceptors (Lipinski definition) is 5. The first kappa shape index (κ1) is 22.3. The highest BCUT2D eigenvalue weighted by Crippen LogP contribution is 2.32. The number of anilines is 2. The van der Waals surface area contributed by atoms with E-state index in [4.69, 9.17) is 9.47 Å². The third-order valence-corrected chi connectivity index (χ3v) is 5.03. The fraction of sp³-hybridized carbons (Fsp3) is 0.375. The predicted molar refractivity (Wildman–Crippen MR) is 118 cm³/mol. The molecule has 0 aromatic heterocycles. The van der Waals surface area contributed by atoms with E-state index in [1.54, 1.807) is 37.3 Å². The third kappa shape index (κ3) is 5.42. The van der Waals surface area contributed by atoms with E-state index in [0.717, 1.165) is 5.56 Å². The topological polar surface area (TPSA) is 84.9 Å². The van der Waals surface area contributed by atoms with Crippen molar-refractivity contribution in [2.75, 3.05) is 23.4 Å². The molecule has 0 unspecified atom stereocenters. The van der Waals surface area contributed by atoms with Gasteiger partial charge in [-0.15, -0.1) is 0 Å². The van der Waals surface area contributed by atoms with Gasteiger partial charge in [0.2, 0.25) is 5.91 Å². The molecule has 0 fully saturated rings. The lowest BCUT2D eigenvalue weighted by atomic mass is 9.86. The van der Waals surface area contributed by atoms with Crippen molar-refractivity contribution in [1.29, 1.82) is 0 Å². The summed E-state index contributed by atoms with van der Waals surface area (Å²) in [6, 6.07) is 14.2. The van der Waals surface area contributed by atoms with Crippen molar-refractivity contribution in [3.63, 3.8) is 0 Å². The minimum Gasteiger partial charge on any atom is -0.482 e. The van der Waals surface area contributed by atoms with Crippen LogP contribution in [0, 0.1) is 0 Å². The fourth-order valence-electron chi connectivity index (χ4n) is 3.57. The zero-order chi connectivity index (χ0) is 22.6. The number of rotatable bonds is 5. The molecule has 1 aliphatic rings. The van der Waals surface area contributed by atoms with Crippen molar-refractivity contribution >= 4 is 29.2 Å². The Balaban J connectivity index is 1.62. The maximum absolute atomic E-state index is 12.9. The van der Waals surface area contributed by atoms with Gasteiger partial charge in [0.05, 0.1) is 11.4 Å². The molecule has 2 amide bonds. The Morgan fingerprint density at radius 1 is 1.06 bits per heavy atom. The van der Waals surface area contributed by atoms with Crippen LogP contribution in [0.3, 0.4) is 0 Å². The van der Waals surface area contributed by atoms with Crippen LogP contribution >= 0.6 is 0 Å². The van der Waals surface area contributed by atoms with Crippen LogP contribution in [0.1, 0.15) is 39.7 Å². The van der Waals surface area contributed by atoms with Crippen molar-refractivity contribution in [3.8, 4) is 5.75 Å². The summed E-state index contributed by atoms with van der Waals surface area (Å²) in [4.78, 5) is 38.6. The number of carbonyl (C=O) groups is 3. The van der Waals surface area contributed by atoms with Crippen LogP contribution in [0.2, 0.25) is 0 Å². The number of nitrogens with zero attached hydrogens (tertiary/aromatic N) is 1. The van der Waals surface area contributed by atoms with Crippen LogP contribution in [-0.2, 0) is 24.5 Å². The highest BCUT2D eigenvalue weighted by Gasteiger charge is 2.30. The van der Waals surface area contributed by atoms with E-state index in [9.17, 15) is 14.4 Å². The molecule has 0 radical (unpaired) electrons. The van der Waals surface area contributed by atoms with E-state index in [2.05, 4.69) is 26.1 Å². The average molecular weight is 424 g/mol. The number of nitrogens with one attached hydrogen (secondary N) is 1. The minimum atomic E-state index is -0.637. The summed E-state index contributed by atoms with van der Waals surface area (Å²) in [5.41, 5.74) is 1.97. The smallest absolute Gasteiger partial charge is 0.344 e. The maximum atomic E-state index is 12.9. The van der Waals surface area contributed by atoms with Crippen LogP contribution in [-0.4, -0.2) is 37.0 Å². The Morgan fingerprint density at radius 2 is 1.74 bits per heavy atom. The second-order valence-corrected chi connectivity index (χ2v) is 8.58. The van der Waals surface area contributed by atoms with Gasteiger partial charge >= 0.3 is 5.97 Å². The summed E-state index contributed by atoms with van der Waals surface area (Å²) in [6.07, 6.45) is 0.154. The number of ether oxygens (including phenoxy) is 2. The molecule has 1 N–H and O–H groups in total. The van der Waals surface area contributed by atoms with E-state index in [1.807, 2.05) is 18.2 Å². The zero-order valence-corrected chi connectivity index (χ0v) is 18.3. The number of fused-ring (bicyclic) bond motifs is 1. The van der Waals surface area contributed by atoms with E-state index in [1.165, 1.54) is 4.90 Å². The first-order valence-corrected chi connectivity index (χ1v) is 10.3. The zero-order valence-electron chi connectivity index (χ0n) is 18.3. The van der Waals surface area contributed by atoms with Crippen molar-refractivity contribution in [1.82, 2.24) is 0 Å². The van der Waals surface area contributed by atoms with E-state index in [-0.39, 0.29) is 30.4 Å². The summed E-state index contributed by atoms with van der Waals surface area (Å²) in [5.74, 6) is -0.599. The van der Waals surface area contributed by atoms with E-state index in [0.29, 0.717) is 17.1 Å². The summed E-state index contributed by atoms with van der Waals surface area (Å²) >= 11 is 0. The monoisotopic (exact) mass is 424 g/mol. The fourth-order valence-corrected chi connectivity index (χ4v) is 3.57. The molecule has 7 heteroatoms. The van der Waals surface area contributed by atoms with E-state index < -0.39 is 18.5 Å². The molecule has 164 valence electrons. The second-order valence-electron chi connectivity index (χ2n) is 8.58. The van der Waals surface area contributed by atoms with Crippen LogP contribution in [0.5, 0.6) is 5.75 Å². The number of para-hydroxylation sites is 3. The van der Waals surface area contributed by atoms with Gasteiger partial charge in [0, 0.05) is 12.5 Å². The summed E-state index contributed by atoms with van der Waals surface area (Å²) in [7, 11) is 0. The van der Waals surface area contributed by atoms with Crippen LogP contribution in [0.4, 0.5) is 11.4 Å². The highest BCUT2D eigenvalue weighted by atomic mass is 16.6. The highest BCUT2D eigenvalue weighted by molar-refractivity contribution is 6.05. The third-order valence-electron chi connectivity index (χ3n) is 5.03. The molecule has 0 saturated heterocycles. The molecule has 2 aromatic carbocycles. The molecule has 0 spiro atoms. The van der Waals surface area contributed by atoms with Crippen molar-refractivity contribution in [3.05, 3.63) is 54.1 Å². The van der Waals surface area contributed by atoms with Gasteiger partial charge in [-0.2, -0.15) is 0 Å². The Labute approximate surface area is 182 Å². The summed E-state index contributed by atoms with van der Waals surface area (Å²) < 4.78 is 10.8. The molecule has 0 bridgehead atoms. The molecular weight excluding hydrogens is 396 g/mol. The Morgan fingerprint density at radius 3 is 2.48 bits per heavy atom. The first-order valence-electron chi connectivity index (χ1n) is 10.3. The lowest BCUT2D eigenvalue weighted by Crippen LogP contribution is -2.41. The number of carbonyl (C=O) groups excluding carboxylic acids is 3. The molecule has 7 nitrogen and oxygen atoms in total. The number of esters is 1. The molecule has 1 heterocycles. The van der Waals surface area contributed by atoms with Gasteiger partial charge in [-0.1, -0.05) is 51.1 Å². The molecule has 1 atom stereocenters. The summed E-state index contributed by atoms with van der Waals surface area (Å²) in [6.45, 7) is 7.24. The number of amides is 2. The second kappa shape index (κ2) is 9.20. The first-order chi connectivity index (χ1) is 14.7. The lowest BCUT2D eigenvalue weighted by molar-refractivity contribution is -0.150. The van der Waals surface area contributed by atoms with Crippen LogP contribution < -0.4 is 15.0 Å². The molecule has 0 saturated carbocycles.